The van der Waals surface area contributed by atoms with Crippen molar-refractivity contribution in [2.24, 2.45) is 17.8 Å². The molecule has 0 aromatic rings. The normalized spacial score (nSPS) is 29.7. The monoisotopic (exact) mass is 222 g/mol. The Balaban J connectivity index is 2.48. The van der Waals surface area contributed by atoms with Crippen LogP contribution in [0.5, 0.6) is 0 Å². The molecule has 3 atom stereocenters. The number of ether oxygens (including phenoxy) is 1. The standard InChI is InChI=1S/C15H26O/c1-5-6-7-10-16-15-11-13(4)8-9-14(15)12(2)3/h12-15H,5-6,8-9,11H2,1-4H3/t13-,14+,15-/m1/s1. The lowest BCUT2D eigenvalue weighted by Gasteiger charge is -2.35. The molecule has 0 aromatic heterocycles. The lowest BCUT2D eigenvalue weighted by atomic mass is 9.75. The third kappa shape index (κ3) is 4.08. The second-order valence-electron chi connectivity index (χ2n) is 5.51. The molecule has 0 saturated heterocycles. The number of unbranched alkanes of at least 4 members (excludes halogenated alkanes) is 1. The summed E-state index contributed by atoms with van der Waals surface area (Å²) < 4.78 is 5.77. The summed E-state index contributed by atoms with van der Waals surface area (Å²) in [4.78, 5) is 0. The van der Waals surface area contributed by atoms with E-state index in [1.807, 2.05) is 0 Å². The Morgan fingerprint density at radius 1 is 1.31 bits per heavy atom. The van der Waals surface area contributed by atoms with Crippen LogP contribution >= 0.6 is 0 Å². The summed E-state index contributed by atoms with van der Waals surface area (Å²) >= 11 is 0. The van der Waals surface area contributed by atoms with E-state index in [4.69, 9.17) is 4.74 Å². The second kappa shape index (κ2) is 6.84. The SMILES string of the molecule is CCCC#CO[C@@H]1C[C@H](C)CC[C@H]1C(C)C. The highest BCUT2D eigenvalue weighted by Gasteiger charge is 2.31. The van der Waals surface area contributed by atoms with E-state index in [1.165, 1.54) is 19.3 Å². The summed E-state index contributed by atoms with van der Waals surface area (Å²) in [6.07, 6.45) is 9.19. The number of hydrogen-bond donors (Lipinski definition) is 0. The molecule has 16 heavy (non-hydrogen) atoms. The molecule has 1 heteroatoms. The van der Waals surface area contributed by atoms with Gasteiger partial charge in [0.15, 0.2) is 0 Å². The molecular formula is C15H26O. The molecule has 1 fully saturated rings. The fourth-order valence-electron chi connectivity index (χ4n) is 2.54. The van der Waals surface area contributed by atoms with Gasteiger partial charge in [-0.15, -0.1) is 0 Å². The lowest BCUT2D eigenvalue weighted by molar-refractivity contribution is 0.0251. The van der Waals surface area contributed by atoms with Crippen LogP contribution in [0.4, 0.5) is 0 Å². The third-order valence-corrected chi connectivity index (χ3v) is 3.62. The highest BCUT2D eigenvalue weighted by molar-refractivity contribution is 4.93. The molecule has 1 aliphatic rings. The smallest absolute Gasteiger partial charge is 0.114 e. The van der Waals surface area contributed by atoms with Gasteiger partial charge in [0.2, 0.25) is 0 Å². The molecule has 0 bridgehead atoms. The molecule has 1 nitrogen and oxygen atoms in total. The number of rotatable bonds is 3. The zero-order valence-electron chi connectivity index (χ0n) is 11.3. The predicted octanol–water partition coefficient (Wildman–Crippen LogP) is 4.22. The minimum atomic E-state index is 0.369. The van der Waals surface area contributed by atoms with Gasteiger partial charge < -0.3 is 4.74 Å². The molecule has 0 amide bonds. The van der Waals surface area contributed by atoms with E-state index >= 15 is 0 Å². The summed E-state index contributed by atoms with van der Waals surface area (Å²) in [5.41, 5.74) is 0. The van der Waals surface area contributed by atoms with Crippen LogP contribution in [0.3, 0.4) is 0 Å². The van der Waals surface area contributed by atoms with Crippen molar-refractivity contribution >= 4 is 0 Å². The fourth-order valence-corrected chi connectivity index (χ4v) is 2.54. The van der Waals surface area contributed by atoms with Gasteiger partial charge in [-0.3, -0.25) is 0 Å². The van der Waals surface area contributed by atoms with Crippen LogP contribution < -0.4 is 0 Å². The van der Waals surface area contributed by atoms with Gasteiger partial charge in [-0.05, 0) is 37.0 Å². The molecule has 0 aliphatic heterocycles. The van der Waals surface area contributed by atoms with Crippen molar-refractivity contribution < 1.29 is 4.74 Å². The van der Waals surface area contributed by atoms with Crippen LogP contribution in [0, 0.1) is 29.8 Å². The second-order valence-corrected chi connectivity index (χ2v) is 5.51. The van der Waals surface area contributed by atoms with Crippen molar-refractivity contribution in [1.29, 1.82) is 0 Å². The average molecular weight is 222 g/mol. The molecule has 92 valence electrons. The quantitative estimate of drug-likeness (QED) is 0.649. The summed E-state index contributed by atoms with van der Waals surface area (Å²) in [6.45, 7) is 9.08. The van der Waals surface area contributed by atoms with Crippen LogP contribution in [0.1, 0.15) is 59.8 Å². The molecule has 0 radical (unpaired) electrons. The first-order chi connectivity index (χ1) is 7.65. The van der Waals surface area contributed by atoms with Crippen LogP contribution in [0.25, 0.3) is 0 Å². The van der Waals surface area contributed by atoms with Crippen LogP contribution in [-0.2, 0) is 4.74 Å². The van der Waals surface area contributed by atoms with E-state index in [0.29, 0.717) is 17.9 Å². The van der Waals surface area contributed by atoms with E-state index in [0.717, 1.165) is 18.8 Å². The van der Waals surface area contributed by atoms with Gasteiger partial charge in [-0.2, -0.15) is 0 Å². The zero-order valence-corrected chi connectivity index (χ0v) is 11.3. The zero-order chi connectivity index (χ0) is 12.0. The van der Waals surface area contributed by atoms with E-state index in [1.54, 1.807) is 0 Å². The van der Waals surface area contributed by atoms with E-state index in [-0.39, 0.29) is 0 Å². The van der Waals surface area contributed by atoms with Crippen molar-refractivity contribution in [2.75, 3.05) is 0 Å². The lowest BCUT2D eigenvalue weighted by Crippen LogP contribution is -2.33. The molecule has 1 saturated carbocycles. The van der Waals surface area contributed by atoms with Gasteiger partial charge in [0.05, 0.1) is 0 Å². The first kappa shape index (κ1) is 13.4. The fraction of sp³-hybridized carbons (Fsp3) is 0.867. The molecular weight excluding hydrogens is 196 g/mol. The Labute approximate surface area is 101 Å². The topological polar surface area (TPSA) is 9.23 Å². The largest absolute Gasteiger partial charge is 0.443 e. The minimum Gasteiger partial charge on any atom is -0.443 e. The summed E-state index contributed by atoms with van der Waals surface area (Å²) in [5, 5.41) is 0. The van der Waals surface area contributed by atoms with Crippen molar-refractivity contribution in [2.45, 2.75) is 65.9 Å². The average Bonchev–Trinajstić information content (AvgIpc) is 2.24. The summed E-state index contributed by atoms with van der Waals surface area (Å²) in [6, 6.07) is 0. The Bertz CT molecular complexity index is 246. The van der Waals surface area contributed by atoms with Gasteiger partial charge in [0.25, 0.3) is 0 Å². The van der Waals surface area contributed by atoms with Crippen LogP contribution in [-0.4, -0.2) is 6.10 Å². The van der Waals surface area contributed by atoms with E-state index < -0.39 is 0 Å². The Kier molecular flexibility index (Phi) is 5.74. The van der Waals surface area contributed by atoms with Gasteiger partial charge in [-0.25, -0.2) is 0 Å². The highest BCUT2D eigenvalue weighted by atomic mass is 16.5. The van der Waals surface area contributed by atoms with Crippen molar-refractivity contribution in [3.63, 3.8) is 0 Å². The highest BCUT2D eigenvalue weighted by Crippen LogP contribution is 2.35. The van der Waals surface area contributed by atoms with Gasteiger partial charge in [-0.1, -0.05) is 40.0 Å². The summed E-state index contributed by atoms with van der Waals surface area (Å²) in [7, 11) is 0. The van der Waals surface area contributed by atoms with Crippen molar-refractivity contribution in [3.05, 3.63) is 0 Å². The number of hydrogen-bond acceptors (Lipinski definition) is 1. The van der Waals surface area contributed by atoms with Gasteiger partial charge in [0, 0.05) is 6.42 Å². The van der Waals surface area contributed by atoms with E-state index in [9.17, 15) is 0 Å². The molecule has 0 heterocycles. The molecule has 0 unspecified atom stereocenters. The Hall–Kier alpha value is -0.640. The van der Waals surface area contributed by atoms with Crippen molar-refractivity contribution in [1.82, 2.24) is 0 Å². The van der Waals surface area contributed by atoms with Crippen molar-refractivity contribution in [3.8, 4) is 12.0 Å². The first-order valence-corrected chi connectivity index (χ1v) is 6.78. The third-order valence-electron chi connectivity index (χ3n) is 3.62. The summed E-state index contributed by atoms with van der Waals surface area (Å²) in [5.74, 6) is 5.30. The minimum absolute atomic E-state index is 0.369. The van der Waals surface area contributed by atoms with E-state index in [2.05, 4.69) is 39.7 Å². The van der Waals surface area contributed by atoms with Crippen LogP contribution in [0.2, 0.25) is 0 Å². The molecule has 0 aromatic carbocycles. The van der Waals surface area contributed by atoms with Gasteiger partial charge in [0.1, 0.15) is 12.2 Å². The maximum Gasteiger partial charge on any atom is 0.114 e. The molecule has 1 rings (SSSR count). The maximum absolute atomic E-state index is 5.77. The molecule has 1 aliphatic carbocycles. The van der Waals surface area contributed by atoms with Gasteiger partial charge >= 0.3 is 0 Å². The Morgan fingerprint density at radius 2 is 2.06 bits per heavy atom. The first-order valence-electron chi connectivity index (χ1n) is 6.78. The molecule has 0 spiro atoms. The predicted molar refractivity (Wildman–Crippen MR) is 68.9 cm³/mol. The molecule has 0 N–H and O–H groups in total. The maximum atomic E-state index is 5.77. The van der Waals surface area contributed by atoms with Crippen LogP contribution in [0.15, 0.2) is 0 Å². The Morgan fingerprint density at radius 3 is 2.69 bits per heavy atom.